The third-order valence-corrected chi connectivity index (χ3v) is 6.01. The standard InChI is InChI=1S/C30H20/c1-3-9-23-17-25(15-13-21(23)7-1)28-19-26-11-5-6-12-29(26)30(20-28)27-16-14-22-8-2-4-10-24(22)18-27/h1-20H. The van der Waals surface area contributed by atoms with Gasteiger partial charge in [-0.05, 0) is 78.8 Å². The minimum atomic E-state index is 1.25. The van der Waals surface area contributed by atoms with Crippen LogP contribution in [0.15, 0.2) is 121 Å². The molecule has 140 valence electrons. The summed E-state index contributed by atoms with van der Waals surface area (Å²) < 4.78 is 0. The molecule has 0 bridgehead atoms. The second kappa shape index (κ2) is 6.86. The zero-order chi connectivity index (χ0) is 19.9. The molecule has 0 heterocycles. The zero-order valence-electron chi connectivity index (χ0n) is 16.5. The maximum Gasteiger partial charge on any atom is -0.00990 e. The van der Waals surface area contributed by atoms with Gasteiger partial charge in [0.15, 0.2) is 0 Å². The van der Waals surface area contributed by atoms with Crippen LogP contribution in [-0.2, 0) is 0 Å². The van der Waals surface area contributed by atoms with Gasteiger partial charge in [-0.25, -0.2) is 0 Å². The molecule has 0 nitrogen and oxygen atoms in total. The molecule has 0 saturated carbocycles. The lowest BCUT2D eigenvalue weighted by atomic mass is 9.91. The summed E-state index contributed by atoms with van der Waals surface area (Å²) in [4.78, 5) is 0. The Kier molecular flexibility index (Phi) is 3.89. The van der Waals surface area contributed by atoms with Crippen LogP contribution in [0.1, 0.15) is 0 Å². The third kappa shape index (κ3) is 2.86. The molecule has 0 saturated heterocycles. The Balaban J connectivity index is 1.60. The smallest absolute Gasteiger partial charge is 0.00990 e. The first kappa shape index (κ1) is 17.0. The van der Waals surface area contributed by atoms with Crippen LogP contribution in [0.5, 0.6) is 0 Å². The molecular weight excluding hydrogens is 360 g/mol. The Morgan fingerprint density at radius 2 is 0.800 bits per heavy atom. The van der Waals surface area contributed by atoms with Gasteiger partial charge in [0.05, 0.1) is 0 Å². The summed E-state index contributed by atoms with van der Waals surface area (Å²) in [6.07, 6.45) is 0. The number of hydrogen-bond donors (Lipinski definition) is 0. The van der Waals surface area contributed by atoms with Crippen molar-refractivity contribution in [2.24, 2.45) is 0 Å². The highest BCUT2D eigenvalue weighted by Crippen LogP contribution is 2.36. The van der Waals surface area contributed by atoms with Gasteiger partial charge in [0.2, 0.25) is 0 Å². The van der Waals surface area contributed by atoms with Crippen LogP contribution >= 0.6 is 0 Å². The van der Waals surface area contributed by atoms with E-state index < -0.39 is 0 Å². The molecule has 0 fully saturated rings. The second-order valence-corrected chi connectivity index (χ2v) is 7.87. The second-order valence-electron chi connectivity index (χ2n) is 7.87. The van der Waals surface area contributed by atoms with Crippen molar-refractivity contribution in [3.05, 3.63) is 121 Å². The first-order valence-electron chi connectivity index (χ1n) is 10.4. The van der Waals surface area contributed by atoms with Gasteiger partial charge >= 0.3 is 0 Å². The normalized spacial score (nSPS) is 11.3. The van der Waals surface area contributed by atoms with E-state index in [-0.39, 0.29) is 0 Å². The first-order chi connectivity index (χ1) is 14.8. The molecule has 0 aromatic heterocycles. The topological polar surface area (TPSA) is 0 Å². The summed E-state index contributed by atoms with van der Waals surface area (Å²) in [6, 6.07) is 44.0. The van der Waals surface area contributed by atoms with E-state index in [0.717, 1.165) is 0 Å². The maximum atomic E-state index is 2.34. The Morgan fingerprint density at radius 1 is 0.300 bits per heavy atom. The fourth-order valence-corrected chi connectivity index (χ4v) is 4.44. The molecule has 6 aromatic rings. The molecular formula is C30H20. The summed E-state index contributed by atoms with van der Waals surface area (Å²) >= 11 is 0. The number of benzene rings is 6. The lowest BCUT2D eigenvalue weighted by Crippen LogP contribution is -1.86. The molecule has 30 heavy (non-hydrogen) atoms. The molecule has 0 atom stereocenters. The van der Waals surface area contributed by atoms with Gasteiger partial charge in [-0.15, -0.1) is 0 Å². The van der Waals surface area contributed by atoms with Gasteiger partial charge in [-0.1, -0.05) is 97.1 Å². The van der Waals surface area contributed by atoms with E-state index in [1.807, 2.05) is 0 Å². The van der Waals surface area contributed by atoms with Crippen molar-refractivity contribution in [3.8, 4) is 22.3 Å². The Bertz CT molecular complexity index is 1540. The third-order valence-electron chi connectivity index (χ3n) is 6.01. The van der Waals surface area contributed by atoms with Crippen LogP contribution in [0.2, 0.25) is 0 Å². The molecule has 0 unspecified atom stereocenters. The number of fused-ring (bicyclic) bond motifs is 3. The number of rotatable bonds is 2. The van der Waals surface area contributed by atoms with E-state index in [1.165, 1.54) is 54.6 Å². The van der Waals surface area contributed by atoms with Crippen molar-refractivity contribution in [2.45, 2.75) is 0 Å². The molecule has 0 aliphatic heterocycles. The maximum absolute atomic E-state index is 2.34. The predicted molar refractivity (Wildman–Crippen MR) is 130 cm³/mol. The first-order valence-corrected chi connectivity index (χ1v) is 10.4. The molecule has 0 aliphatic rings. The van der Waals surface area contributed by atoms with E-state index >= 15 is 0 Å². The van der Waals surface area contributed by atoms with Gasteiger partial charge in [0.1, 0.15) is 0 Å². The largest absolute Gasteiger partial charge is 0.0616 e. The van der Waals surface area contributed by atoms with Crippen molar-refractivity contribution in [1.82, 2.24) is 0 Å². The summed E-state index contributed by atoms with van der Waals surface area (Å²) in [7, 11) is 0. The Morgan fingerprint density at radius 3 is 1.50 bits per heavy atom. The van der Waals surface area contributed by atoms with Crippen LogP contribution in [0.25, 0.3) is 54.6 Å². The molecule has 0 spiro atoms. The monoisotopic (exact) mass is 380 g/mol. The fourth-order valence-electron chi connectivity index (χ4n) is 4.44. The van der Waals surface area contributed by atoms with E-state index in [1.54, 1.807) is 0 Å². The summed E-state index contributed by atoms with van der Waals surface area (Å²) in [5, 5.41) is 7.65. The minimum absolute atomic E-state index is 1.25. The molecule has 0 radical (unpaired) electrons. The summed E-state index contributed by atoms with van der Waals surface area (Å²) in [5.74, 6) is 0. The quantitative estimate of drug-likeness (QED) is 0.282. The van der Waals surface area contributed by atoms with Crippen LogP contribution in [0.3, 0.4) is 0 Å². The van der Waals surface area contributed by atoms with Crippen LogP contribution in [0.4, 0.5) is 0 Å². The van der Waals surface area contributed by atoms with Gasteiger partial charge in [-0.3, -0.25) is 0 Å². The zero-order valence-corrected chi connectivity index (χ0v) is 16.5. The van der Waals surface area contributed by atoms with Crippen LogP contribution in [0, 0.1) is 0 Å². The van der Waals surface area contributed by atoms with E-state index in [2.05, 4.69) is 121 Å². The molecule has 0 N–H and O–H groups in total. The average molecular weight is 380 g/mol. The molecule has 6 aromatic carbocycles. The highest BCUT2D eigenvalue weighted by molar-refractivity contribution is 6.02. The predicted octanol–water partition coefficient (Wildman–Crippen LogP) is 8.48. The van der Waals surface area contributed by atoms with Crippen molar-refractivity contribution >= 4 is 32.3 Å². The fraction of sp³-hybridized carbons (Fsp3) is 0. The molecule has 0 amide bonds. The molecule has 0 heteroatoms. The minimum Gasteiger partial charge on any atom is -0.0616 e. The van der Waals surface area contributed by atoms with E-state index in [4.69, 9.17) is 0 Å². The highest BCUT2D eigenvalue weighted by Gasteiger charge is 2.09. The Labute approximate surface area is 176 Å². The van der Waals surface area contributed by atoms with Crippen molar-refractivity contribution in [1.29, 1.82) is 0 Å². The van der Waals surface area contributed by atoms with Crippen LogP contribution in [-0.4, -0.2) is 0 Å². The van der Waals surface area contributed by atoms with Gasteiger partial charge in [-0.2, -0.15) is 0 Å². The van der Waals surface area contributed by atoms with Gasteiger partial charge < -0.3 is 0 Å². The Hall–Kier alpha value is -3.90. The van der Waals surface area contributed by atoms with Crippen molar-refractivity contribution in [2.75, 3.05) is 0 Å². The van der Waals surface area contributed by atoms with E-state index in [0.29, 0.717) is 0 Å². The van der Waals surface area contributed by atoms with Gasteiger partial charge in [0, 0.05) is 0 Å². The van der Waals surface area contributed by atoms with Gasteiger partial charge in [0.25, 0.3) is 0 Å². The van der Waals surface area contributed by atoms with Crippen LogP contribution < -0.4 is 0 Å². The lowest BCUT2D eigenvalue weighted by molar-refractivity contribution is 1.64. The van der Waals surface area contributed by atoms with Crippen molar-refractivity contribution in [3.63, 3.8) is 0 Å². The highest BCUT2D eigenvalue weighted by atomic mass is 14.1. The lowest BCUT2D eigenvalue weighted by Gasteiger charge is -2.13. The SMILES string of the molecule is c1ccc2cc(-c3cc(-c4ccc5ccccc5c4)c4ccccc4c3)ccc2c1. The molecule has 6 rings (SSSR count). The number of hydrogen-bond acceptors (Lipinski definition) is 0. The average Bonchev–Trinajstić information content (AvgIpc) is 2.82. The summed E-state index contributed by atoms with van der Waals surface area (Å²) in [6.45, 7) is 0. The molecule has 0 aliphatic carbocycles. The van der Waals surface area contributed by atoms with E-state index in [9.17, 15) is 0 Å². The van der Waals surface area contributed by atoms with Crippen molar-refractivity contribution < 1.29 is 0 Å². The summed E-state index contributed by atoms with van der Waals surface area (Å²) in [5.41, 5.74) is 5.04.